The minimum Gasteiger partial charge on any atom is -0.486 e. The van der Waals surface area contributed by atoms with E-state index >= 15 is 0 Å². The van der Waals surface area contributed by atoms with Gasteiger partial charge in [-0.2, -0.15) is 0 Å². The molecule has 1 amide bonds. The third kappa shape index (κ3) is 5.11. The second-order valence-corrected chi connectivity index (χ2v) is 9.89. The van der Waals surface area contributed by atoms with Crippen LogP contribution in [-0.2, 0) is 28.0 Å². The predicted molar refractivity (Wildman–Crippen MR) is 129 cm³/mol. The highest BCUT2D eigenvalue weighted by Crippen LogP contribution is 2.24. The second-order valence-electron chi connectivity index (χ2n) is 8.18. The Morgan fingerprint density at radius 2 is 1.76 bits per heavy atom. The van der Waals surface area contributed by atoms with E-state index in [2.05, 4.69) is 15.0 Å². The number of hydrogen-bond acceptors (Lipinski definition) is 5. The topological polar surface area (TPSA) is 102 Å². The lowest BCUT2D eigenvalue weighted by molar-refractivity contribution is -0.116. The quantitative estimate of drug-likeness (QED) is 0.384. The van der Waals surface area contributed by atoms with Gasteiger partial charge in [0.05, 0.1) is 15.9 Å². The van der Waals surface area contributed by atoms with Crippen molar-refractivity contribution in [1.29, 1.82) is 0 Å². The SMILES string of the molecule is O=C(Cn1c(COc2ccccc2)nc2ccccc21)Nc1cccc(S(=O)(=O)NC2CC2)c1. The van der Waals surface area contributed by atoms with E-state index in [1.165, 1.54) is 12.1 Å². The number of rotatable bonds is 9. The Bertz CT molecular complexity index is 1430. The first-order valence-electron chi connectivity index (χ1n) is 11.0. The van der Waals surface area contributed by atoms with E-state index in [-0.39, 0.29) is 30.0 Å². The van der Waals surface area contributed by atoms with Crippen molar-refractivity contribution in [3.63, 3.8) is 0 Å². The second kappa shape index (κ2) is 9.28. The highest BCUT2D eigenvalue weighted by molar-refractivity contribution is 7.89. The lowest BCUT2D eigenvalue weighted by atomic mass is 10.3. The molecule has 9 heteroatoms. The number of nitrogens with zero attached hydrogens (tertiary/aromatic N) is 2. The van der Waals surface area contributed by atoms with Crippen LogP contribution >= 0.6 is 0 Å². The first-order valence-corrected chi connectivity index (χ1v) is 12.5. The van der Waals surface area contributed by atoms with Crippen LogP contribution in [0.25, 0.3) is 11.0 Å². The molecule has 0 unspecified atom stereocenters. The van der Waals surface area contributed by atoms with Gasteiger partial charge in [0.2, 0.25) is 15.9 Å². The van der Waals surface area contributed by atoms with Gasteiger partial charge >= 0.3 is 0 Å². The fourth-order valence-electron chi connectivity index (χ4n) is 3.65. The number of amides is 1. The summed E-state index contributed by atoms with van der Waals surface area (Å²) in [7, 11) is -3.61. The van der Waals surface area contributed by atoms with E-state index in [0.29, 0.717) is 17.3 Å². The van der Waals surface area contributed by atoms with Gasteiger partial charge < -0.3 is 14.6 Å². The van der Waals surface area contributed by atoms with Gasteiger partial charge in [-0.05, 0) is 55.3 Å². The first-order chi connectivity index (χ1) is 16.5. The molecule has 0 saturated heterocycles. The summed E-state index contributed by atoms with van der Waals surface area (Å²) in [6.07, 6.45) is 1.70. The van der Waals surface area contributed by atoms with E-state index in [0.717, 1.165) is 23.9 Å². The lowest BCUT2D eigenvalue weighted by Crippen LogP contribution is -2.26. The van der Waals surface area contributed by atoms with E-state index in [1.807, 2.05) is 59.2 Å². The number of imidazole rings is 1. The number of nitrogens with one attached hydrogen (secondary N) is 2. The standard InChI is InChI=1S/C25H24N4O4S/c30-25(26-19-7-6-10-21(15-19)34(31,32)28-18-13-14-18)16-29-23-12-5-4-11-22(23)27-24(29)17-33-20-8-2-1-3-9-20/h1-12,15,18,28H,13-14,16-17H2,(H,26,30). The highest BCUT2D eigenvalue weighted by atomic mass is 32.2. The predicted octanol–water partition coefficient (Wildman–Crippen LogP) is 3.69. The van der Waals surface area contributed by atoms with Crippen molar-refractivity contribution in [1.82, 2.24) is 14.3 Å². The molecule has 1 fully saturated rings. The summed E-state index contributed by atoms with van der Waals surface area (Å²) in [6, 6.07) is 23.3. The van der Waals surface area contributed by atoms with Crippen molar-refractivity contribution in [3.05, 3.63) is 84.7 Å². The Labute approximate surface area is 197 Å². The molecular weight excluding hydrogens is 452 g/mol. The van der Waals surface area contributed by atoms with Crippen LogP contribution in [-0.4, -0.2) is 29.9 Å². The van der Waals surface area contributed by atoms with Gasteiger partial charge in [0.25, 0.3) is 0 Å². The van der Waals surface area contributed by atoms with Crippen molar-refractivity contribution >= 4 is 32.7 Å². The van der Waals surface area contributed by atoms with Crippen LogP contribution < -0.4 is 14.8 Å². The molecular formula is C25H24N4O4S. The molecule has 0 aliphatic heterocycles. The normalized spacial score (nSPS) is 13.6. The van der Waals surface area contributed by atoms with Crippen molar-refractivity contribution in [2.24, 2.45) is 0 Å². The molecule has 1 heterocycles. The van der Waals surface area contributed by atoms with E-state index < -0.39 is 10.0 Å². The van der Waals surface area contributed by atoms with E-state index in [1.54, 1.807) is 12.1 Å². The van der Waals surface area contributed by atoms with Crippen LogP contribution in [0.5, 0.6) is 5.75 Å². The number of ether oxygens (including phenoxy) is 1. The van der Waals surface area contributed by atoms with Crippen molar-refractivity contribution in [3.8, 4) is 5.75 Å². The molecule has 2 N–H and O–H groups in total. The molecule has 1 saturated carbocycles. The minimum absolute atomic E-state index is 0.00526. The zero-order valence-corrected chi connectivity index (χ0v) is 19.2. The number of sulfonamides is 1. The maximum absolute atomic E-state index is 12.9. The van der Waals surface area contributed by atoms with Crippen LogP contribution in [0.2, 0.25) is 0 Å². The number of benzene rings is 3. The van der Waals surface area contributed by atoms with Gasteiger partial charge in [0.15, 0.2) is 0 Å². The fraction of sp³-hybridized carbons (Fsp3) is 0.200. The fourth-order valence-corrected chi connectivity index (χ4v) is 5.00. The number of aromatic nitrogens is 2. The van der Waals surface area contributed by atoms with Gasteiger partial charge in [-0.25, -0.2) is 18.1 Å². The summed E-state index contributed by atoms with van der Waals surface area (Å²) in [6.45, 7) is 0.206. The molecule has 34 heavy (non-hydrogen) atoms. The zero-order valence-electron chi connectivity index (χ0n) is 18.3. The van der Waals surface area contributed by atoms with Crippen molar-refractivity contribution in [2.45, 2.75) is 36.9 Å². The first kappa shape index (κ1) is 22.1. The Kier molecular flexibility index (Phi) is 6.04. The number of hydrogen-bond donors (Lipinski definition) is 2. The smallest absolute Gasteiger partial charge is 0.244 e. The van der Waals surface area contributed by atoms with Crippen LogP contribution in [0.3, 0.4) is 0 Å². The molecule has 1 aromatic heterocycles. The largest absolute Gasteiger partial charge is 0.486 e. The number of para-hydroxylation sites is 3. The molecule has 1 aliphatic rings. The summed E-state index contributed by atoms with van der Waals surface area (Å²) in [5.74, 6) is 1.03. The minimum atomic E-state index is -3.61. The van der Waals surface area contributed by atoms with Gasteiger partial charge in [-0.1, -0.05) is 36.4 Å². The molecule has 1 aliphatic carbocycles. The van der Waals surface area contributed by atoms with Gasteiger partial charge in [-0.15, -0.1) is 0 Å². The average Bonchev–Trinajstić information content (AvgIpc) is 3.58. The highest BCUT2D eigenvalue weighted by Gasteiger charge is 2.28. The Hall–Kier alpha value is -3.69. The summed E-state index contributed by atoms with van der Waals surface area (Å²) >= 11 is 0. The monoisotopic (exact) mass is 476 g/mol. The summed E-state index contributed by atoms with van der Waals surface area (Å²) in [5, 5.41) is 2.81. The van der Waals surface area contributed by atoms with Crippen LogP contribution in [0.4, 0.5) is 5.69 Å². The third-order valence-corrected chi connectivity index (χ3v) is 6.99. The van der Waals surface area contributed by atoms with E-state index in [4.69, 9.17) is 4.74 Å². The Morgan fingerprint density at radius 3 is 2.56 bits per heavy atom. The van der Waals surface area contributed by atoms with E-state index in [9.17, 15) is 13.2 Å². The molecule has 0 spiro atoms. The van der Waals surface area contributed by atoms with Crippen LogP contribution in [0.15, 0.2) is 83.8 Å². The van der Waals surface area contributed by atoms with Gasteiger partial charge in [0.1, 0.15) is 24.7 Å². The number of carbonyl (C=O) groups excluding carboxylic acids is 1. The van der Waals surface area contributed by atoms with Gasteiger partial charge in [0, 0.05) is 11.7 Å². The summed E-state index contributed by atoms with van der Waals surface area (Å²) in [4.78, 5) is 17.7. The van der Waals surface area contributed by atoms with Crippen molar-refractivity contribution in [2.75, 3.05) is 5.32 Å². The lowest BCUT2D eigenvalue weighted by Gasteiger charge is -2.12. The maximum atomic E-state index is 12.9. The molecule has 174 valence electrons. The number of anilines is 1. The maximum Gasteiger partial charge on any atom is 0.244 e. The van der Waals surface area contributed by atoms with Gasteiger partial charge in [-0.3, -0.25) is 4.79 Å². The molecule has 5 rings (SSSR count). The molecule has 0 bridgehead atoms. The Balaban J connectivity index is 1.34. The van der Waals surface area contributed by atoms with Crippen molar-refractivity contribution < 1.29 is 17.9 Å². The number of carbonyl (C=O) groups is 1. The summed E-state index contributed by atoms with van der Waals surface area (Å²) < 4.78 is 35.3. The molecule has 3 aromatic carbocycles. The molecule has 8 nitrogen and oxygen atoms in total. The average molecular weight is 477 g/mol. The van der Waals surface area contributed by atoms with Crippen LogP contribution in [0, 0.1) is 0 Å². The summed E-state index contributed by atoms with van der Waals surface area (Å²) in [5.41, 5.74) is 1.99. The molecule has 0 atom stereocenters. The third-order valence-electron chi connectivity index (χ3n) is 5.47. The Morgan fingerprint density at radius 1 is 1.00 bits per heavy atom. The molecule has 4 aromatic rings. The van der Waals surface area contributed by atoms with Crippen LogP contribution in [0.1, 0.15) is 18.7 Å². The molecule has 0 radical (unpaired) electrons. The zero-order chi connectivity index (χ0) is 23.5. The number of fused-ring (bicyclic) bond motifs is 1.